The third kappa shape index (κ3) is 3.50. The smallest absolute Gasteiger partial charge is 0.163 e. The van der Waals surface area contributed by atoms with E-state index in [-0.39, 0.29) is 5.78 Å². The predicted molar refractivity (Wildman–Crippen MR) is 85.5 cm³/mol. The second-order valence-electron chi connectivity index (χ2n) is 6.20. The van der Waals surface area contributed by atoms with Gasteiger partial charge in [-0.1, -0.05) is 25.0 Å². The van der Waals surface area contributed by atoms with Crippen molar-refractivity contribution in [3.05, 3.63) is 29.8 Å². The molecular formula is C18H25NO3. The lowest BCUT2D eigenvalue weighted by atomic mass is 9.90. The third-order valence-corrected chi connectivity index (χ3v) is 4.75. The molecule has 0 unspecified atom stereocenters. The van der Waals surface area contributed by atoms with Gasteiger partial charge in [0.1, 0.15) is 12.4 Å². The van der Waals surface area contributed by atoms with Gasteiger partial charge < -0.3 is 9.47 Å². The molecule has 1 aromatic rings. The van der Waals surface area contributed by atoms with Gasteiger partial charge in [-0.15, -0.1) is 0 Å². The predicted octanol–water partition coefficient (Wildman–Crippen LogP) is 2.91. The van der Waals surface area contributed by atoms with Gasteiger partial charge in [-0.25, -0.2) is 0 Å². The molecule has 120 valence electrons. The normalized spacial score (nSPS) is 25.5. The molecule has 0 radical (unpaired) electrons. The SMILES string of the molecule is CC(=O)c1ccccc1OCCN1CCO[C@@H]2CCCC[C@H]21. The lowest BCUT2D eigenvalue weighted by molar-refractivity contribution is -0.0901. The first-order valence-corrected chi connectivity index (χ1v) is 8.34. The van der Waals surface area contributed by atoms with E-state index in [1.54, 1.807) is 6.92 Å². The number of morpholine rings is 1. The average Bonchev–Trinajstić information content (AvgIpc) is 2.55. The molecule has 1 saturated heterocycles. The highest BCUT2D eigenvalue weighted by Crippen LogP contribution is 2.28. The van der Waals surface area contributed by atoms with E-state index in [9.17, 15) is 4.79 Å². The van der Waals surface area contributed by atoms with Crippen LogP contribution in [-0.4, -0.2) is 49.1 Å². The molecule has 2 fully saturated rings. The summed E-state index contributed by atoms with van der Waals surface area (Å²) in [5.41, 5.74) is 0.667. The van der Waals surface area contributed by atoms with Gasteiger partial charge in [-0.05, 0) is 31.9 Å². The van der Waals surface area contributed by atoms with Crippen LogP contribution in [0.1, 0.15) is 43.0 Å². The van der Waals surface area contributed by atoms with Gasteiger partial charge in [-0.2, -0.15) is 0 Å². The van der Waals surface area contributed by atoms with E-state index in [2.05, 4.69) is 4.90 Å². The largest absolute Gasteiger partial charge is 0.491 e. The summed E-state index contributed by atoms with van der Waals surface area (Å²) in [4.78, 5) is 14.1. The number of ether oxygens (including phenoxy) is 2. The molecule has 4 nitrogen and oxygen atoms in total. The van der Waals surface area contributed by atoms with E-state index in [1.165, 1.54) is 25.7 Å². The Balaban J connectivity index is 1.55. The molecule has 1 aromatic carbocycles. The van der Waals surface area contributed by atoms with Gasteiger partial charge >= 0.3 is 0 Å². The zero-order valence-electron chi connectivity index (χ0n) is 13.3. The monoisotopic (exact) mass is 303 g/mol. The molecule has 0 aromatic heterocycles. The zero-order valence-corrected chi connectivity index (χ0v) is 13.3. The van der Waals surface area contributed by atoms with Crippen LogP contribution in [0.25, 0.3) is 0 Å². The number of fused-ring (bicyclic) bond motifs is 1. The molecule has 2 atom stereocenters. The Morgan fingerprint density at radius 1 is 1.32 bits per heavy atom. The lowest BCUT2D eigenvalue weighted by Gasteiger charge is -2.43. The van der Waals surface area contributed by atoms with Gasteiger partial charge in [0.2, 0.25) is 0 Å². The maximum absolute atomic E-state index is 11.6. The van der Waals surface area contributed by atoms with Gasteiger partial charge in [0, 0.05) is 19.1 Å². The summed E-state index contributed by atoms with van der Waals surface area (Å²) in [7, 11) is 0. The number of ketones is 1. The first-order chi connectivity index (χ1) is 10.8. The summed E-state index contributed by atoms with van der Waals surface area (Å²) in [6.45, 7) is 4.91. The maximum atomic E-state index is 11.6. The summed E-state index contributed by atoms with van der Waals surface area (Å²) in [6.07, 6.45) is 5.42. The third-order valence-electron chi connectivity index (χ3n) is 4.75. The van der Waals surface area contributed by atoms with Crippen LogP contribution in [0.2, 0.25) is 0 Å². The molecule has 0 N–H and O–H groups in total. The number of hydrogen-bond donors (Lipinski definition) is 0. The first-order valence-electron chi connectivity index (χ1n) is 8.34. The van der Waals surface area contributed by atoms with Crippen LogP contribution >= 0.6 is 0 Å². The number of Topliss-reactive ketones (excluding diaryl/α,β-unsaturated/α-hetero) is 1. The second kappa shape index (κ2) is 7.25. The standard InChI is InChI=1S/C18H25NO3/c1-14(20)15-6-2-4-8-17(15)21-12-10-19-11-13-22-18-9-5-3-7-16(18)19/h2,4,6,8,16,18H,3,5,7,9-13H2,1H3/t16-,18-/m1/s1. The fourth-order valence-electron chi connectivity index (χ4n) is 3.61. The summed E-state index contributed by atoms with van der Waals surface area (Å²) < 4.78 is 11.8. The Morgan fingerprint density at radius 3 is 3.00 bits per heavy atom. The van der Waals surface area contributed by atoms with E-state index in [0.717, 1.165) is 19.7 Å². The highest BCUT2D eigenvalue weighted by atomic mass is 16.5. The molecule has 1 saturated carbocycles. The van der Waals surface area contributed by atoms with Gasteiger partial charge in [0.25, 0.3) is 0 Å². The average molecular weight is 303 g/mol. The van der Waals surface area contributed by atoms with Gasteiger partial charge in [-0.3, -0.25) is 9.69 Å². The van der Waals surface area contributed by atoms with Crippen molar-refractivity contribution in [3.8, 4) is 5.75 Å². The zero-order chi connectivity index (χ0) is 15.4. The number of para-hydroxylation sites is 1. The van der Waals surface area contributed by atoms with Crippen LogP contribution < -0.4 is 4.74 Å². The molecule has 2 aliphatic rings. The Hall–Kier alpha value is -1.39. The van der Waals surface area contributed by atoms with Crippen molar-refractivity contribution in [3.63, 3.8) is 0 Å². The van der Waals surface area contributed by atoms with Crippen molar-refractivity contribution in [1.29, 1.82) is 0 Å². The van der Waals surface area contributed by atoms with Crippen LogP contribution in [0.15, 0.2) is 24.3 Å². The Kier molecular flexibility index (Phi) is 5.11. The summed E-state index contributed by atoms with van der Waals surface area (Å²) >= 11 is 0. The summed E-state index contributed by atoms with van der Waals surface area (Å²) in [5.74, 6) is 0.748. The fourth-order valence-corrected chi connectivity index (χ4v) is 3.61. The lowest BCUT2D eigenvalue weighted by Crippen LogP contribution is -2.53. The fraction of sp³-hybridized carbons (Fsp3) is 0.611. The quantitative estimate of drug-likeness (QED) is 0.784. The van der Waals surface area contributed by atoms with Crippen LogP contribution in [0.3, 0.4) is 0 Å². The highest BCUT2D eigenvalue weighted by molar-refractivity contribution is 5.96. The summed E-state index contributed by atoms with van der Waals surface area (Å²) in [5, 5.41) is 0. The molecule has 0 bridgehead atoms. The van der Waals surface area contributed by atoms with E-state index in [0.29, 0.717) is 30.1 Å². The second-order valence-corrected chi connectivity index (χ2v) is 6.20. The van der Waals surface area contributed by atoms with Crippen LogP contribution in [-0.2, 0) is 4.74 Å². The first kappa shape index (κ1) is 15.5. The minimum absolute atomic E-state index is 0.0503. The minimum atomic E-state index is 0.0503. The molecule has 1 aliphatic carbocycles. The van der Waals surface area contributed by atoms with Crippen LogP contribution in [0.4, 0.5) is 0 Å². The Bertz CT molecular complexity index is 515. The maximum Gasteiger partial charge on any atom is 0.163 e. The molecular weight excluding hydrogens is 278 g/mol. The van der Waals surface area contributed by atoms with Crippen molar-refractivity contribution in [1.82, 2.24) is 4.90 Å². The van der Waals surface area contributed by atoms with E-state index in [1.807, 2.05) is 24.3 Å². The van der Waals surface area contributed by atoms with Crippen molar-refractivity contribution in [2.45, 2.75) is 44.8 Å². The molecule has 1 aliphatic heterocycles. The van der Waals surface area contributed by atoms with Crippen molar-refractivity contribution < 1.29 is 14.3 Å². The highest BCUT2D eigenvalue weighted by Gasteiger charge is 2.33. The van der Waals surface area contributed by atoms with Crippen LogP contribution in [0, 0.1) is 0 Å². The molecule has 0 spiro atoms. The van der Waals surface area contributed by atoms with E-state index < -0.39 is 0 Å². The van der Waals surface area contributed by atoms with Gasteiger partial charge in [0.15, 0.2) is 5.78 Å². The number of benzene rings is 1. The Labute approximate surface area is 132 Å². The molecule has 3 rings (SSSR count). The van der Waals surface area contributed by atoms with Gasteiger partial charge in [0.05, 0.1) is 18.3 Å². The number of carbonyl (C=O) groups is 1. The van der Waals surface area contributed by atoms with Crippen LogP contribution in [0.5, 0.6) is 5.75 Å². The van der Waals surface area contributed by atoms with E-state index >= 15 is 0 Å². The number of nitrogens with zero attached hydrogens (tertiary/aromatic N) is 1. The molecule has 1 heterocycles. The van der Waals surface area contributed by atoms with Crippen molar-refractivity contribution in [2.24, 2.45) is 0 Å². The summed E-state index contributed by atoms with van der Waals surface area (Å²) in [6, 6.07) is 8.03. The molecule has 4 heteroatoms. The number of rotatable bonds is 5. The number of carbonyl (C=O) groups excluding carboxylic acids is 1. The Morgan fingerprint density at radius 2 is 2.14 bits per heavy atom. The molecule has 0 amide bonds. The van der Waals surface area contributed by atoms with Crippen molar-refractivity contribution >= 4 is 5.78 Å². The number of hydrogen-bond acceptors (Lipinski definition) is 4. The van der Waals surface area contributed by atoms with E-state index in [4.69, 9.17) is 9.47 Å². The van der Waals surface area contributed by atoms with Crippen molar-refractivity contribution in [2.75, 3.05) is 26.3 Å². The minimum Gasteiger partial charge on any atom is -0.491 e. The topological polar surface area (TPSA) is 38.8 Å². The molecule has 22 heavy (non-hydrogen) atoms.